The first-order chi connectivity index (χ1) is 22.5. The summed E-state index contributed by atoms with van der Waals surface area (Å²) in [6.07, 6.45) is 2.84. The van der Waals surface area contributed by atoms with Crippen LogP contribution < -0.4 is 14.4 Å². The van der Waals surface area contributed by atoms with E-state index >= 15 is 0 Å². The molecule has 1 N–H and O–H groups in total. The van der Waals surface area contributed by atoms with Gasteiger partial charge in [0, 0.05) is 61.4 Å². The van der Waals surface area contributed by atoms with Crippen molar-refractivity contribution in [3.05, 3.63) is 35.5 Å². The van der Waals surface area contributed by atoms with E-state index in [1.54, 1.807) is 6.20 Å². The van der Waals surface area contributed by atoms with Gasteiger partial charge in [0.1, 0.15) is 17.4 Å². The van der Waals surface area contributed by atoms with Crippen molar-refractivity contribution < 1.29 is 22.6 Å². The van der Waals surface area contributed by atoms with E-state index in [1.165, 1.54) is 0 Å². The number of halogens is 3. The number of aromatic amines is 1. The SMILES string of the molecule is Cc1ccc2[nH]ncc2c1-c1c(C2CC2)cc2c(N3CCC4(CC3)CN(C)C4)nc(OC3CC(N(C)C)C3)nc2c1OCC(F)(F)F. The van der Waals surface area contributed by atoms with E-state index in [0.29, 0.717) is 22.5 Å². The van der Waals surface area contributed by atoms with Gasteiger partial charge in [0.05, 0.1) is 11.7 Å². The molecule has 2 aromatic carbocycles. The summed E-state index contributed by atoms with van der Waals surface area (Å²) in [5.41, 5.74) is 4.89. The molecule has 0 unspecified atom stereocenters. The number of hydrogen-bond donors (Lipinski definition) is 1. The molecule has 47 heavy (non-hydrogen) atoms. The fourth-order valence-corrected chi connectivity index (χ4v) is 8.05. The number of H-pyrrole nitrogens is 1. The number of rotatable bonds is 8. The van der Waals surface area contributed by atoms with Crippen LogP contribution in [0.4, 0.5) is 19.0 Å². The molecule has 4 fully saturated rings. The predicted octanol–water partition coefficient (Wildman–Crippen LogP) is 6.30. The van der Waals surface area contributed by atoms with Gasteiger partial charge in [0.15, 0.2) is 12.4 Å². The van der Waals surface area contributed by atoms with E-state index in [9.17, 15) is 13.2 Å². The minimum absolute atomic E-state index is 0.0606. The summed E-state index contributed by atoms with van der Waals surface area (Å²) >= 11 is 0. The van der Waals surface area contributed by atoms with Gasteiger partial charge in [-0.15, -0.1) is 0 Å². The molecule has 0 amide bonds. The van der Waals surface area contributed by atoms with Crippen molar-refractivity contribution in [3.8, 4) is 22.9 Å². The van der Waals surface area contributed by atoms with Crippen LogP contribution >= 0.6 is 0 Å². The second-order valence-electron chi connectivity index (χ2n) is 14.7. The highest BCUT2D eigenvalue weighted by atomic mass is 19.4. The zero-order valence-electron chi connectivity index (χ0n) is 27.5. The molecule has 12 heteroatoms. The summed E-state index contributed by atoms with van der Waals surface area (Å²) in [5, 5.41) is 8.87. The Morgan fingerprint density at radius 2 is 1.79 bits per heavy atom. The summed E-state index contributed by atoms with van der Waals surface area (Å²) in [7, 11) is 6.27. The van der Waals surface area contributed by atoms with Gasteiger partial charge in [0.2, 0.25) is 0 Å². The van der Waals surface area contributed by atoms with Crippen molar-refractivity contribution in [2.45, 2.75) is 69.7 Å². The van der Waals surface area contributed by atoms with Crippen LogP contribution in [0.2, 0.25) is 0 Å². The smallest absolute Gasteiger partial charge is 0.422 e. The number of nitrogens with one attached hydrogen (secondary N) is 1. The third-order valence-electron chi connectivity index (χ3n) is 10.8. The molecule has 2 aliphatic carbocycles. The Bertz CT molecular complexity index is 1810. The van der Waals surface area contributed by atoms with Crippen LogP contribution in [0.3, 0.4) is 0 Å². The van der Waals surface area contributed by atoms with Crippen molar-refractivity contribution in [2.75, 3.05) is 58.8 Å². The molecule has 1 spiro atoms. The normalized spacial score (nSPS) is 23.0. The van der Waals surface area contributed by atoms with E-state index in [1.807, 2.05) is 19.1 Å². The van der Waals surface area contributed by atoms with Crippen molar-refractivity contribution in [2.24, 2.45) is 5.41 Å². The van der Waals surface area contributed by atoms with Gasteiger partial charge < -0.3 is 24.2 Å². The molecule has 250 valence electrons. The maximum atomic E-state index is 13.9. The average molecular weight is 650 g/mol. The molecule has 0 atom stereocenters. The van der Waals surface area contributed by atoms with Gasteiger partial charge in [-0.3, -0.25) is 5.10 Å². The number of nitrogens with zero attached hydrogens (tertiary/aromatic N) is 6. The second kappa shape index (κ2) is 11.2. The van der Waals surface area contributed by atoms with Crippen LogP contribution in [0.5, 0.6) is 11.8 Å². The Hall–Kier alpha value is -3.64. The summed E-state index contributed by atoms with van der Waals surface area (Å²) in [4.78, 5) is 16.8. The first kappa shape index (κ1) is 30.7. The minimum Gasteiger partial charge on any atom is -0.481 e. The lowest BCUT2D eigenvalue weighted by Crippen LogP contribution is -2.58. The molecule has 2 aliphatic heterocycles. The number of aryl methyl sites for hydroxylation is 1. The molecule has 4 aromatic rings. The number of alkyl halides is 3. The molecular formula is C35H42F3N7O2. The molecule has 8 rings (SSSR count). The topological polar surface area (TPSA) is 82.6 Å². The first-order valence-corrected chi connectivity index (χ1v) is 16.7. The zero-order valence-corrected chi connectivity index (χ0v) is 27.5. The van der Waals surface area contributed by atoms with Crippen LogP contribution in [0, 0.1) is 12.3 Å². The van der Waals surface area contributed by atoms with Crippen LogP contribution in [-0.2, 0) is 0 Å². The third kappa shape index (κ3) is 5.67. The minimum atomic E-state index is -4.53. The van der Waals surface area contributed by atoms with E-state index in [0.717, 1.165) is 104 Å². The molecule has 2 aromatic heterocycles. The number of fused-ring (bicyclic) bond motifs is 2. The van der Waals surface area contributed by atoms with Gasteiger partial charge in [-0.05, 0) is 93.9 Å². The summed E-state index contributed by atoms with van der Waals surface area (Å²) in [6.45, 7) is 4.38. The van der Waals surface area contributed by atoms with Crippen LogP contribution in [-0.4, -0.2) is 102 Å². The van der Waals surface area contributed by atoms with Crippen molar-refractivity contribution in [1.29, 1.82) is 0 Å². The number of anilines is 1. The summed E-state index contributed by atoms with van der Waals surface area (Å²) < 4.78 is 54.1. The highest BCUT2D eigenvalue weighted by Crippen LogP contribution is 2.53. The Balaban J connectivity index is 1.32. The monoisotopic (exact) mass is 649 g/mol. The Labute approximate surface area is 272 Å². The highest BCUT2D eigenvalue weighted by molar-refractivity contribution is 6.06. The molecule has 2 saturated carbocycles. The number of ether oxygens (including phenoxy) is 2. The van der Waals surface area contributed by atoms with Gasteiger partial charge >= 0.3 is 12.2 Å². The Kier molecular flexibility index (Phi) is 7.32. The maximum absolute atomic E-state index is 13.9. The zero-order chi connectivity index (χ0) is 32.7. The number of aromatic nitrogens is 4. The molecule has 0 radical (unpaired) electrons. The van der Waals surface area contributed by atoms with Crippen LogP contribution in [0.25, 0.3) is 32.9 Å². The first-order valence-electron chi connectivity index (χ1n) is 16.7. The van der Waals surface area contributed by atoms with Crippen molar-refractivity contribution in [3.63, 3.8) is 0 Å². The standard InChI is InChI=1S/C35H42F3N7O2/c1-20-5-8-27-26(16-39-42-27)28(20)29-24(21-6-7-21)15-25-30(31(29)46-19-35(36,37)38)40-33(47-23-13-22(14-23)43(2)3)41-32(25)45-11-9-34(10-12-45)17-44(4)18-34/h5,8,15-16,21-23H,6-7,9-14,17-19H2,1-4H3,(H,39,42). The lowest BCUT2D eigenvalue weighted by atomic mass is 9.72. The fourth-order valence-electron chi connectivity index (χ4n) is 8.05. The Morgan fingerprint density at radius 3 is 2.45 bits per heavy atom. The average Bonchev–Trinajstić information content (AvgIpc) is 3.72. The van der Waals surface area contributed by atoms with Crippen LogP contribution in [0.15, 0.2) is 24.4 Å². The number of likely N-dealkylation sites (tertiary alicyclic amines) is 1. The summed E-state index contributed by atoms with van der Waals surface area (Å²) in [6, 6.07) is 6.66. The van der Waals surface area contributed by atoms with Crippen LogP contribution in [0.1, 0.15) is 55.6 Å². The van der Waals surface area contributed by atoms with E-state index in [4.69, 9.17) is 19.4 Å². The number of hydrogen-bond acceptors (Lipinski definition) is 8. The molecule has 4 heterocycles. The quantitative estimate of drug-likeness (QED) is 0.238. The summed E-state index contributed by atoms with van der Waals surface area (Å²) in [5.74, 6) is 1.07. The van der Waals surface area contributed by atoms with E-state index < -0.39 is 12.8 Å². The molecular weight excluding hydrogens is 607 g/mol. The predicted molar refractivity (Wildman–Crippen MR) is 175 cm³/mol. The number of piperidine rings is 1. The van der Waals surface area contributed by atoms with Gasteiger partial charge in [-0.2, -0.15) is 28.2 Å². The fraction of sp³-hybridized carbons (Fsp3) is 0.571. The molecule has 9 nitrogen and oxygen atoms in total. The van der Waals surface area contributed by atoms with E-state index in [-0.39, 0.29) is 23.8 Å². The van der Waals surface area contributed by atoms with Gasteiger partial charge in [-0.25, -0.2) is 0 Å². The number of benzene rings is 2. The highest BCUT2D eigenvalue weighted by Gasteiger charge is 2.44. The Morgan fingerprint density at radius 1 is 1.04 bits per heavy atom. The van der Waals surface area contributed by atoms with Crippen molar-refractivity contribution in [1.82, 2.24) is 30.0 Å². The van der Waals surface area contributed by atoms with Crippen molar-refractivity contribution >= 4 is 27.6 Å². The maximum Gasteiger partial charge on any atom is 0.422 e. The molecule has 0 bridgehead atoms. The van der Waals surface area contributed by atoms with E-state index in [2.05, 4.69) is 52.1 Å². The van der Waals surface area contributed by atoms with Gasteiger partial charge in [0.25, 0.3) is 0 Å². The second-order valence-corrected chi connectivity index (χ2v) is 14.7. The molecule has 2 saturated heterocycles. The largest absolute Gasteiger partial charge is 0.481 e. The van der Waals surface area contributed by atoms with Gasteiger partial charge in [-0.1, -0.05) is 6.07 Å². The third-order valence-corrected chi connectivity index (χ3v) is 10.8. The lowest BCUT2D eigenvalue weighted by Gasteiger charge is -2.53. The lowest BCUT2D eigenvalue weighted by molar-refractivity contribution is -0.153. The molecule has 4 aliphatic rings.